The first-order valence-corrected chi connectivity index (χ1v) is 7.03. The molecule has 0 saturated carbocycles. The van der Waals surface area contributed by atoms with Crippen LogP contribution in [0, 0.1) is 0 Å². The summed E-state index contributed by atoms with van der Waals surface area (Å²) in [6, 6.07) is 6.72. The second kappa shape index (κ2) is 6.04. The van der Waals surface area contributed by atoms with Crippen molar-refractivity contribution in [1.82, 2.24) is 10.0 Å². The van der Waals surface area contributed by atoms with Crippen LogP contribution >= 0.6 is 12.6 Å². The molecule has 1 aromatic carbocycles. The Kier molecular flexibility index (Phi) is 4.98. The van der Waals surface area contributed by atoms with Crippen LogP contribution < -0.4 is 10.0 Å². The van der Waals surface area contributed by atoms with E-state index in [4.69, 9.17) is 0 Å². The number of hydrogen-bond acceptors (Lipinski definition) is 4. The van der Waals surface area contributed by atoms with Gasteiger partial charge in [0.2, 0.25) is 10.0 Å². The third-order valence-corrected chi connectivity index (χ3v) is 3.72. The van der Waals surface area contributed by atoms with Crippen LogP contribution in [0.1, 0.15) is 10.4 Å². The monoisotopic (exact) mass is 274 g/mol. The molecule has 1 aromatic rings. The zero-order valence-electron chi connectivity index (χ0n) is 9.30. The molecule has 0 spiro atoms. The number of amides is 1. The smallest absolute Gasteiger partial charge is 0.251 e. The summed E-state index contributed by atoms with van der Waals surface area (Å²) in [5.74, 6) is -0.456. The van der Waals surface area contributed by atoms with Gasteiger partial charge in [-0.2, -0.15) is 0 Å². The molecule has 0 aromatic heterocycles. The molecule has 0 saturated heterocycles. The summed E-state index contributed by atoms with van der Waals surface area (Å²) < 4.78 is 24.4. The summed E-state index contributed by atoms with van der Waals surface area (Å²) >= 11 is 4.11. The highest BCUT2D eigenvalue weighted by molar-refractivity contribution is 7.89. The van der Waals surface area contributed by atoms with E-state index in [1.165, 1.54) is 7.05 Å². The number of carbonyl (C=O) groups is 1. The van der Waals surface area contributed by atoms with E-state index in [-0.39, 0.29) is 18.2 Å². The largest absolute Gasteiger partial charge is 0.351 e. The van der Waals surface area contributed by atoms with Gasteiger partial charge in [0, 0.05) is 17.0 Å². The Bertz CT molecular complexity index is 500. The first-order valence-electron chi connectivity index (χ1n) is 4.93. The summed E-state index contributed by atoms with van der Waals surface area (Å²) in [6.45, 7) is 0.0683. The number of carbonyl (C=O) groups excluding carboxylic acids is 1. The number of nitrogens with one attached hydrogen (secondary N) is 2. The van der Waals surface area contributed by atoms with Gasteiger partial charge in [-0.1, -0.05) is 6.07 Å². The molecule has 0 aliphatic heterocycles. The number of hydrogen-bond donors (Lipinski definition) is 3. The van der Waals surface area contributed by atoms with Gasteiger partial charge < -0.3 is 5.32 Å². The van der Waals surface area contributed by atoms with Gasteiger partial charge in [0.05, 0.1) is 5.75 Å². The molecule has 0 unspecified atom stereocenters. The predicted octanol–water partition coefficient (Wildman–Crippen LogP) is 0.254. The first-order chi connectivity index (χ1) is 7.94. The Hall–Kier alpha value is -1.05. The second-order valence-electron chi connectivity index (χ2n) is 3.33. The minimum atomic E-state index is -3.29. The van der Waals surface area contributed by atoms with E-state index in [1.54, 1.807) is 24.3 Å². The maximum absolute atomic E-state index is 11.6. The fourth-order valence-corrected chi connectivity index (χ4v) is 1.95. The maximum Gasteiger partial charge on any atom is 0.251 e. The number of thiol groups is 1. The summed E-state index contributed by atoms with van der Waals surface area (Å²) in [7, 11) is -1.95. The highest BCUT2D eigenvalue weighted by Gasteiger charge is 2.09. The van der Waals surface area contributed by atoms with Gasteiger partial charge in [0.25, 0.3) is 5.91 Å². The number of benzene rings is 1. The van der Waals surface area contributed by atoms with Crippen molar-refractivity contribution < 1.29 is 13.2 Å². The van der Waals surface area contributed by atoms with Crippen molar-refractivity contribution in [2.75, 3.05) is 19.3 Å². The lowest BCUT2D eigenvalue weighted by Gasteiger charge is -2.05. The lowest BCUT2D eigenvalue weighted by atomic mass is 10.2. The summed E-state index contributed by atoms with van der Waals surface area (Å²) in [5.41, 5.74) is 0.458. The highest BCUT2D eigenvalue weighted by Crippen LogP contribution is 2.08. The SMILES string of the molecule is CNS(=O)(=O)CCNC(=O)c1cccc(S)c1. The molecule has 0 aliphatic rings. The van der Waals surface area contributed by atoms with E-state index >= 15 is 0 Å². The summed E-state index contributed by atoms with van der Waals surface area (Å²) in [5, 5.41) is 2.52. The fourth-order valence-electron chi connectivity index (χ4n) is 1.15. The number of sulfonamides is 1. The molecule has 7 heteroatoms. The van der Waals surface area contributed by atoms with Crippen LogP contribution in [0.15, 0.2) is 29.2 Å². The van der Waals surface area contributed by atoms with Gasteiger partial charge in [-0.15, -0.1) is 12.6 Å². The molecule has 0 radical (unpaired) electrons. The minimum Gasteiger partial charge on any atom is -0.351 e. The Morgan fingerprint density at radius 2 is 2.12 bits per heavy atom. The summed E-state index contributed by atoms with van der Waals surface area (Å²) in [6.07, 6.45) is 0. The molecule has 0 heterocycles. The van der Waals surface area contributed by atoms with Crippen molar-refractivity contribution in [3.05, 3.63) is 29.8 Å². The molecule has 94 valence electrons. The summed E-state index contributed by atoms with van der Waals surface area (Å²) in [4.78, 5) is 12.3. The van der Waals surface area contributed by atoms with Gasteiger partial charge in [-0.25, -0.2) is 13.1 Å². The molecule has 1 rings (SSSR count). The maximum atomic E-state index is 11.6. The third-order valence-electron chi connectivity index (χ3n) is 2.08. The van der Waals surface area contributed by atoms with Crippen LogP contribution in [0.25, 0.3) is 0 Å². The average Bonchev–Trinajstić information content (AvgIpc) is 2.28. The molecule has 17 heavy (non-hydrogen) atoms. The molecular weight excluding hydrogens is 260 g/mol. The van der Waals surface area contributed by atoms with Crippen molar-refractivity contribution >= 4 is 28.6 Å². The van der Waals surface area contributed by atoms with Gasteiger partial charge in [0.1, 0.15) is 0 Å². The Morgan fingerprint density at radius 1 is 1.41 bits per heavy atom. The first kappa shape index (κ1) is 14.0. The van der Waals surface area contributed by atoms with E-state index in [0.717, 1.165) is 0 Å². The van der Waals surface area contributed by atoms with Crippen LogP contribution in [0.4, 0.5) is 0 Å². The molecule has 0 aliphatic carbocycles. The molecule has 5 nitrogen and oxygen atoms in total. The molecule has 2 N–H and O–H groups in total. The predicted molar refractivity (Wildman–Crippen MR) is 68.9 cm³/mol. The molecular formula is C10H14N2O3S2. The van der Waals surface area contributed by atoms with Gasteiger partial charge in [-0.05, 0) is 25.2 Å². The van der Waals surface area contributed by atoms with Crippen molar-refractivity contribution in [1.29, 1.82) is 0 Å². The minimum absolute atomic E-state index is 0.0683. The fraction of sp³-hybridized carbons (Fsp3) is 0.300. The highest BCUT2D eigenvalue weighted by atomic mass is 32.2. The molecule has 0 bridgehead atoms. The Morgan fingerprint density at radius 3 is 2.71 bits per heavy atom. The second-order valence-corrected chi connectivity index (χ2v) is 5.89. The molecule has 0 fully saturated rings. The van der Waals surface area contributed by atoms with E-state index in [9.17, 15) is 13.2 Å². The van der Waals surface area contributed by atoms with Crippen LogP contribution in [-0.4, -0.2) is 33.7 Å². The van der Waals surface area contributed by atoms with Crippen molar-refractivity contribution in [3.63, 3.8) is 0 Å². The van der Waals surface area contributed by atoms with E-state index < -0.39 is 10.0 Å². The van der Waals surface area contributed by atoms with Crippen molar-refractivity contribution in [2.24, 2.45) is 0 Å². The zero-order chi connectivity index (χ0) is 12.9. The van der Waals surface area contributed by atoms with Crippen LogP contribution in [0.5, 0.6) is 0 Å². The average molecular weight is 274 g/mol. The Labute approximate surface area is 106 Å². The third kappa shape index (κ3) is 4.76. The van der Waals surface area contributed by atoms with Crippen molar-refractivity contribution in [3.8, 4) is 0 Å². The van der Waals surface area contributed by atoms with Crippen LogP contribution in [0.2, 0.25) is 0 Å². The molecule has 0 atom stereocenters. The van der Waals surface area contributed by atoms with E-state index in [2.05, 4.69) is 22.7 Å². The van der Waals surface area contributed by atoms with Gasteiger partial charge in [0.15, 0.2) is 0 Å². The standard InChI is InChI=1S/C10H14N2O3S2/c1-11-17(14,15)6-5-12-10(13)8-3-2-4-9(16)7-8/h2-4,7,11,16H,5-6H2,1H3,(H,12,13). The van der Waals surface area contributed by atoms with Crippen molar-refractivity contribution in [2.45, 2.75) is 4.90 Å². The van der Waals surface area contributed by atoms with E-state index in [0.29, 0.717) is 10.5 Å². The lowest BCUT2D eigenvalue weighted by Crippen LogP contribution is -2.32. The van der Waals surface area contributed by atoms with Gasteiger partial charge >= 0.3 is 0 Å². The quantitative estimate of drug-likeness (QED) is 0.674. The van der Waals surface area contributed by atoms with E-state index in [1.807, 2.05) is 0 Å². The topological polar surface area (TPSA) is 75.3 Å². The van der Waals surface area contributed by atoms with Crippen LogP contribution in [-0.2, 0) is 10.0 Å². The lowest BCUT2D eigenvalue weighted by molar-refractivity contribution is 0.0956. The zero-order valence-corrected chi connectivity index (χ0v) is 11.0. The number of rotatable bonds is 5. The normalized spacial score (nSPS) is 11.2. The van der Waals surface area contributed by atoms with Crippen LogP contribution in [0.3, 0.4) is 0 Å². The Balaban J connectivity index is 2.51. The van der Waals surface area contributed by atoms with Gasteiger partial charge in [-0.3, -0.25) is 4.79 Å². The molecule has 1 amide bonds.